The molecule has 3 unspecified atom stereocenters. The molecule has 1 saturated heterocycles. The van der Waals surface area contributed by atoms with Crippen molar-refractivity contribution in [2.75, 3.05) is 27.3 Å². The topological polar surface area (TPSA) is 77.7 Å². The number of aromatic nitrogens is 1. The van der Waals surface area contributed by atoms with Crippen molar-refractivity contribution in [3.63, 3.8) is 0 Å². The van der Waals surface area contributed by atoms with Crippen LogP contribution in [0.4, 0.5) is 0 Å². The van der Waals surface area contributed by atoms with Gasteiger partial charge in [0.25, 0.3) is 5.91 Å². The highest BCUT2D eigenvalue weighted by molar-refractivity contribution is 7.17. The van der Waals surface area contributed by atoms with Crippen molar-refractivity contribution < 1.29 is 14.3 Å². The Morgan fingerprint density at radius 1 is 1.21 bits per heavy atom. The summed E-state index contributed by atoms with van der Waals surface area (Å²) in [6.07, 6.45) is 2.22. The minimum atomic E-state index is 0. The summed E-state index contributed by atoms with van der Waals surface area (Å²) in [5.41, 5.74) is 7.90. The minimum Gasteiger partial charge on any atom is -0.493 e. The maximum atomic E-state index is 13.1. The van der Waals surface area contributed by atoms with Crippen LogP contribution in [-0.4, -0.2) is 49.1 Å². The van der Waals surface area contributed by atoms with E-state index in [2.05, 4.69) is 4.98 Å². The molecule has 152 valence electrons. The second-order valence-electron chi connectivity index (χ2n) is 7.38. The van der Waals surface area contributed by atoms with E-state index in [4.69, 9.17) is 15.2 Å². The van der Waals surface area contributed by atoms with Crippen molar-refractivity contribution in [2.45, 2.75) is 25.8 Å². The maximum absolute atomic E-state index is 13.1. The Bertz CT molecular complexity index is 872. The third-order valence-electron chi connectivity index (χ3n) is 5.82. The van der Waals surface area contributed by atoms with Gasteiger partial charge in [0.1, 0.15) is 9.88 Å². The molecule has 1 aliphatic heterocycles. The van der Waals surface area contributed by atoms with E-state index < -0.39 is 0 Å². The molecule has 1 saturated carbocycles. The van der Waals surface area contributed by atoms with Crippen LogP contribution in [0.3, 0.4) is 0 Å². The monoisotopic (exact) mass is 423 g/mol. The Kier molecular flexibility index (Phi) is 6.17. The van der Waals surface area contributed by atoms with Crippen LogP contribution in [0.15, 0.2) is 18.2 Å². The SMILES string of the molecule is COc1ccc(-c2nc(C)c(C(=O)N3CC4CCC(N)C4C3)s2)cc1OC.Cl. The molecular weight excluding hydrogens is 398 g/mol. The summed E-state index contributed by atoms with van der Waals surface area (Å²) in [7, 11) is 3.22. The van der Waals surface area contributed by atoms with Gasteiger partial charge < -0.3 is 20.1 Å². The lowest BCUT2D eigenvalue weighted by molar-refractivity contribution is 0.0783. The standard InChI is InChI=1S/C20H25N3O3S.ClH/c1-11-18(20(24)23-9-13-4-6-15(21)14(13)10-23)27-19(22-11)12-5-7-16(25-2)17(8-12)26-3;/h5,7-8,13-15H,4,6,9-10,21H2,1-3H3;1H. The highest BCUT2D eigenvalue weighted by Gasteiger charge is 2.43. The number of fused-ring (bicyclic) bond motifs is 1. The van der Waals surface area contributed by atoms with Crippen molar-refractivity contribution in [1.29, 1.82) is 0 Å². The van der Waals surface area contributed by atoms with Gasteiger partial charge in [-0.05, 0) is 49.8 Å². The zero-order valence-electron chi connectivity index (χ0n) is 16.3. The second-order valence-corrected chi connectivity index (χ2v) is 8.38. The molecule has 6 nitrogen and oxygen atoms in total. The number of halogens is 1. The van der Waals surface area contributed by atoms with E-state index in [1.54, 1.807) is 14.2 Å². The number of thiazole rings is 1. The minimum absolute atomic E-state index is 0. The van der Waals surface area contributed by atoms with Gasteiger partial charge in [-0.1, -0.05) is 0 Å². The Morgan fingerprint density at radius 2 is 1.96 bits per heavy atom. The smallest absolute Gasteiger partial charge is 0.265 e. The first-order valence-corrected chi connectivity index (χ1v) is 10.1. The maximum Gasteiger partial charge on any atom is 0.265 e. The molecule has 0 bridgehead atoms. The average molecular weight is 424 g/mol. The number of carbonyl (C=O) groups is 1. The molecule has 0 radical (unpaired) electrons. The second kappa shape index (κ2) is 8.27. The Labute approximate surface area is 175 Å². The Morgan fingerprint density at radius 3 is 2.64 bits per heavy atom. The first kappa shape index (κ1) is 20.9. The fraction of sp³-hybridized carbons (Fsp3) is 0.500. The van der Waals surface area contributed by atoms with E-state index in [0.29, 0.717) is 28.2 Å². The zero-order chi connectivity index (χ0) is 19.1. The predicted octanol–water partition coefficient (Wildman–Crippen LogP) is 3.37. The van der Waals surface area contributed by atoms with Crippen LogP contribution in [0.25, 0.3) is 10.6 Å². The van der Waals surface area contributed by atoms with Crippen LogP contribution in [0, 0.1) is 18.8 Å². The van der Waals surface area contributed by atoms with Gasteiger partial charge in [0, 0.05) is 24.7 Å². The van der Waals surface area contributed by atoms with Gasteiger partial charge in [-0.25, -0.2) is 4.98 Å². The number of rotatable bonds is 4. The fourth-order valence-electron chi connectivity index (χ4n) is 4.30. The third-order valence-corrected chi connectivity index (χ3v) is 7.02. The number of carbonyl (C=O) groups excluding carboxylic acids is 1. The van der Waals surface area contributed by atoms with Crippen LogP contribution in [0.2, 0.25) is 0 Å². The number of aryl methyl sites for hydroxylation is 1. The van der Waals surface area contributed by atoms with Crippen molar-refractivity contribution in [2.24, 2.45) is 17.6 Å². The van der Waals surface area contributed by atoms with Gasteiger partial charge >= 0.3 is 0 Å². The summed E-state index contributed by atoms with van der Waals surface area (Å²) in [4.78, 5) is 20.4. The summed E-state index contributed by atoms with van der Waals surface area (Å²) in [6.45, 7) is 3.49. The average Bonchev–Trinajstić information content (AvgIpc) is 3.36. The molecule has 2 heterocycles. The molecule has 1 aliphatic carbocycles. The van der Waals surface area contributed by atoms with Crippen molar-refractivity contribution in [3.8, 4) is 22.1 Å². The molecule has 1 amide bonds. The molecule has 28 heavy (non-hydrogen) atoms. The summed E-state index contributed by atoms with van der Waals surface area (Å²) in [6, 6.07) is 5.92. The molecule has 2 aliphatic rings. The molecule has 2 fully saturated rings. The fourth-order valence-corrected chi connectivity index (χ4v) is 5.34. The van der Waals surface area contributed by atoms with Gasteiger partial charge in [-0.15, -0.1) is 23.7 Å². The molecule has 1 aromatic carbocycles. The van der Waals surface area contributed by atoms with Crippen molar-refractivity contribution in [1.82, 2.24) is 9.88 Å². The molecule has 1 aromatic heterocycles. The number of amides is 1. The van der Waals surface area contributed by atoms with Crippen LogP contribution < -0.4 is 15.2 Å². The van der Waals surface area contributed by atoms with Gasteiger partial charge in [-0.2, -0.15) is 0 Å². The lowest BCUT2D eigenvalue weighted by atomic mass is 9.98. The molecule has 2 aromatic rings. The number of hydrogen-bond acceptors (Lipinski definition) is 6. The number of benzene rings is 1. The first-order valence-electron chi connectivity index (χ1n) is 9.26. The van der Waals surface area contributed by atoms with Crippen LogP contribution >= 0.6 is 23.7 Å². The lowest BCUT2D eigenvalue weighted by Crippen LogP contribution is -2.33. The molecule has 0 spiro atoms. The van der Waals surface area contributed by atoms with E-state index in [1.165, 1.54) is 11.3 Å². The number of likely N-dealkylation sites (tertiary alicyclic amines) is 1. The largest absolute Gasteiger partial charge is 0.493 e. The number of hydrogen-bond donors (Lipinski definition) is 1. The molecule has 8 heteroatoms. The number of nitrogens with zero attached hydrogens (tertiary/aromatic N) is 2. The van der Waals surface area contributed by atoms with E-state index in [-0.39, 0.29) is 24.4 Å². The zero-order valence-corrected chi connectivity index (χ0v) is 17.9. The van der Waals surface area contributed by atoms with Crippen molar-refractivity contribution in [3.05, 3.63) is 28.8 Å². The van der Waals surface area contributed by atoms with E-state index in [0.717, 1.165) is 42.2 Å². The molecule has 2 N–H and O–H groups in total. The molecule has 3 atom stereocenters. The molecular formula is C20H26ClN3O3S. The normalized spacial score (nSPS) is 23.3. The van der Waals surface area contributed by atoms with E-state index in [9.17, 15) is 4.79 Å². The first-order chi connectivity index (χ1) is 13.0. The van der Waals surface area contributed by atoms with Crippen LogP contribution in [0.1, 0.15) is 28.2 Å². The Balaban J connectivity index is 0.00000225. The molecule has 4 rings (SSSR count). The summed E-state index contributed by atoms with van der Waals surface area (Å²) in [5.74, 6) is 2.41. The summed E-state index contributed by atoms with van der Waals surface area (Å²) < 4.78 is 10.7. The van der Waals surface area contributed by atoms with Crippen LogP contribution in [-0.2, 0) is 0 Å². The quantitative estimate of drug-likeness (QED) is 0.815. The lowest BCUT2D eigenvalue weighted by Gasteiger charge is -2.18. The number of ether oxygens (including phenoxy) is 2. The van der Waals surface area contributed by atoms with Crippen molar-refractivity contribution >= 4 is 29.7 Å². The van der Waals surface area contributed by atoms with Gasteiger partial charge in [0.15, 0.2) is 11.5 Å². The predicted molar refractivity (Wildman–Crippen MR) is 113 cm³/mol. The number of methoxy groups -OCH3 is 2. The van der Waals surface area contributed by atoms with Crippen LogP contribution in [0.5, 0.6) is 11.5 Å². The van der Waals surface area contributed by atoms with Gasteiger partial charge in [0.05, 0.1) is 19.9 Å². The third kappa shape index (κ3) is 3.58. The van der Waals surface area contributed by atoms with E-state index >= 15 is 0 Å². The van der Waals surface area contributed by atoms with Gasteiger partial charge in [-0.3, -0.25) is 4.79 Å². The highest BCUT2D eigenvalue weighted by atomic mass is 35.5. The summed E-state index contributed by atoms with van der Waals surface area (Å²) in [5, 5.41) is 0.813. The number of nitrogens with two attached hydrogens (primary N) is 1. The van der Waals surface area contributed by atoms with Gasteiger partial charge in [0.2, 0.25) is 0 Å². The summed E-state index contributed by atoms with van der Waals surface area (Å²) >= 11 is 1.44. The highest BCUT2D eigenvalue weighted by Crippen LogP contribution is 2.39. The Hall–Kier alpha value is -1.83. The van der Waals surface area contributed by atoms with E-state index in [1.807, 2.05) is 30.0 Å².